The Balaban J connectivity index is 0.902. The molecular formula is C86H80N2. The van der Waals surface area contributed by atoms with Crippen LogP contribution in [0.25, 0.3) is 86.9 Å². The van der Waals surface area contributed by atoms with Crippen molar-refractivity contribution in [2.75, 3.05) is 9.80 Å². The van der Waals surface area contributed by atoms with Gasteiger partial charge in [-0.25, -0.2) is 0 Å². The van der Waals surface area contributed by atoms with E-state index in [1.54, 1.807) is 0 Å². The topological polar surface area (TPSA) is 6.48 Å². The number of benzene rings is 11. The lowest BCUT2D eigenvalue weighted by Crippen LogP contribution is -2.12. The van der Waals surface area contributed by atoms with Crippen molar-refractivity contribution >= 4 is 98.8 Å². The SMILES string of the molecule is c1ccc(-c2c3c4cccc5c(N(c6ccc(C7CCCCC7)cc6)c6ccc(C7CCCCC7)cc6)ccc(c3c(-c3ccccc3)c3c6cccc7c(N(c8ccc(C9CCCCC9)cc8)c8ccc(C9CCCCC9)cc8)ccc(c23)c76)c54)cc1. The van der Waals surface area contributed by atoms with Gasteiger partial charge in [0.05, 0.1) is 11.4 Å². The van der Waals surface area contributed by atoms with Gasteiger partial charge in [-0.1, -0.05) is 235 Å². The summed E-state index contributed by atoms with van der Waals surface area (Å²) in [6.45, 7) is 0. The zero-order valence-electron chi connectivity index (χ0n) is 51.1. The zero-order valence-corrected chi connectivity index (χ0v) is 51.1. The number of rotatable bonds is 12. The smallest absolute Gasteiger partial charge is 0.0540 e. The number of hydrogen-bond donors (Lipinski definition) is 0. The van der Waals surface area contributed by atoms with Gasteiger partial charge in [-0.05, 0) is 234 Å². The van der Waals surface area contributed by atoms with E-state index in [2.05, 4.69) is 228 Å². The molecule has 2 nitrogen and oxygen atoms in total. The highest BCUT2D eigenvalue weighted by Gasteiger charge is 2.31. The van der Waals surface area contributed by atoms with Crippen LogP contribution >= 0.6 is 0 Å². The fourth-order valence-electron chi connectivity index (χ4n) is 17.8. The molecule has 88 heavy (non-hydrogen) atoms. The van der Waals surface area contributed by atoms with Gasteiger partial charge < -0.3 is 9.80 Å². The fourth-order valence-corrected chi connectivity index (χ4v) is 17.8. The summed E-state index contributed by atoms with van der Waals surface area (Å²) >= 11 is 0. The first-order valence-corrected chi connectivity index (χ1v) is 34.2. The van der Waals surface area contributed by atoms with E-state index >= 15 is 0 Å². The van der Waals surface area contributed by atoms with Gasteiger partial charge in [0.1, 0.15) is 0 Å². The van der Waals surface area contributed by atoms with Crippen molar-refractivity contribution in [2.24, 2.45) is 0 Å². The van der Waals surface area contributed by atoms with Crippen molar-refractivity contribution in [1.29, 1.82) is 0 Å². The lowest BCUT2D eigenvalue weighted by molar-refractivity contribution is 0.443. The van der Waals surface area contributed by atoms with E-state index in [4.69, 9.17) is 0 Å². The standard InChI is InChI=1S/C86H80N2/c1-7-21-57(22-8-1)61-37-45-67(46-38-61)87(68-47-39-62(40-48-68)58-23-9-2-10-24-58)77-55-53-75-81-71(77)33-19-35-73(81)83-79(65-29-15-5-16-30-65)86-76-54-56-78(72-34-20-36-74(82(72)76)84(86)80(85(75)83)66-31-17-6-18-32-66)88(69-49-41-63(42-50-69)59-25-11-3-12-26-59)70-51-43-64(44-52-70)60-27-13-4-14-28-60/h5-6,15-20,29-60H,1-4,7-14,21-28H2. The van der Waals surface area contributed by atoms with Gasteiger partial charge in [-0.3, -0.25) is 0 Å². The van der Waals surface area contributed by atoms with Gasteiger partial charge in [-0.2, -0.15) is 0 Å². The molecule has 4 fully saturated rings. The first-order valence-electron chi connectivity index (χ1n) is 34.2. The number of fused-ring (bicyclic) bond motifs is 6. The van der Waals surface area contributed by atoms with E-state index in [9.17, 15) is 0 Å². The lowest BCUT2D eigenvalue weighted by Gasteiger charge is -2.29. The first-order chi connectivity index (χ1) is 43.7. The van der Waals surface area contributed by atoms with Crippen molar-refractivity contribution in [1.82, 2.24) is 0 Å². The Kier molecular flexibility index (Phi) is 14.0. The number of anilines is 6. The second-order valence-electron chi connectivity index (χ2n) is 27.1. The van der Waals surface area contributed by atoms with Gasteiger partial charge in [0.25, 0.3) is 0 Å². The molecule has 13 aromatic rings. The van der Waals surface area contributed by atoms with Crippen LogP contribution in [0.5, 0.6) is 0 Å². The summed E-state index contributed by atoms with van der Waals surface area (Å²) in [6, 6.07) is 86.1. The molecule has 4 saturated carbocycles. The number of hydrogen-bond acceptors (Lipinski definition) is 2. The average molecular weight is 1140 g/mol. The Morgan fingerprint density at radius 1 is 0.205 bits per heavy atom. The minimum absolute atomic E-state index is 0.651. The van der Waals surface area contributed by atoms with Gasteiger partial charge in [-0.15, -0.1) is 0 Å². The summed E-state index contributed by atoms with van der Waals surface area (Å²) in [5, 5.41) is 15.8. The molecule has 0 bridgehead atoms. The summed E-state index contributed by atoms with van der Waals surface area (Å²) in [6.07, 6.45) is 26.5. The minimum Gasteiger partial charge on any atom is -0.310 e. The Morgan fingerprint density at radius 2 is 0.466 bits per heavy atom. The third-order valence-electron chi connectivity index (χ3n) is 22.1. The normalized spacial score (nSPS) is 16.9. The molecule has 434 valence electrons. The van der Waals surface area contributed by atoms with Crippen LogP contribution in [0.4, 0.5) is 34.1 Å². The monoisotopic (exact) mass is 1140 g/mol. The van der Waals surface area contributed by atoms with E-state index in [1.165, 1.54) is 272 Å². The first kappa shape index (κ1) is 53.8. The second-order valence-corrected chi connectivity index (χ2v) is 27.1. The van der Waals surface area contributed by atoms with E-state index in [0.29, 0.717) is 23.7 Å². The summed E-state index contributed by atoms with van der Waals surface area (Å²) in [7, 11) is 0. The predicted molar refractivity (Wildman–Crippen MR) is 377 cm³/mol. The average Bonchev–Trinajstić information content (AvgIpc) is 1.56. The maximum Gasteiger partial charge on any atom is 0.0540 e. The Bertz CT molecular complexity index is 4120. The molecule has 0 radical (unpaired) electrons. The molecule has 0 atom stereocenters. The van der Waals surface area contributed by atoms with Crippen LogP contribution < -0.4 is 9.80 Å². The van der Waals surface area contributed by atoms with E-state index < -0.39 is 0 Å². The van der Waals surface area contributed by atoms with Crippen LogP contribution in [0.15, 0.2) is 218 Å². The van der Waals surface area contributed by atoms with Crippen molar-refractivity contribution in [3.63, 3.8) is 0 Å². The van der Waals surface area contributed by atoms with Gasteiger partial charge in [0, 0.05) is 33.5 Å². The highest BCUT2D eigenvalue weighted by atomic mass is 15.1. The predicted octanol–water partition coefficient (Wildman–Crippen LogP) is 25.9. The molecule has 0 N–H and O–H groups in total. The Morgan fingerprint density at radius 3 is 0.750 bits per heavy atom. The van der Waals surface area contributed by atoms with Crippen LogP contribution in [0, 0.1) is 0 Å². The van der Waals surface area contributed by atoms with Gasteiger partial charge in [0.2, 0.25) is 0 Å². The van der Waals surface area contributed by atoms with Crippen molar-refractivity contribution in [3.8, 4) is 22.3 Å². The van der Waals surface area contributed by atoms with E-state index in [-0.39, 0.29) is 0 Å². The van der Waals surface area contributed by atoms with Crippen LogP contribution in [-0.4, -0.2) is 0 Å². The molecule has 0 saturated heterocycles. The van der Waals surface area contributed by atoms with Crippen LogP contribution in [0.1, 0.15) is 174 Å². The van der Waals surface area contributed by atoms with Crippen LogP contribution in [-0.2, 0) is 0 Å². The summed E-state index contributed by atoms with van der Waals surface area (Å²) in [5.74, 6) is 2.61. The second kappa shape index (κ2) is 22.9. The minimum atomic E-state index is 0.651. The molecule has 4 aliphatic carbocycles. The number of nitrogens with zero attached hydrogens (tertiary/aromatic N) is 2. The summed E-state index contributed by atoms with van der Waals surface area (Å²) in [4.78, 5) is 5.15. The molecule has 0 amide bonds. The Labute approximate surface area is 520 Å². The van der Waals surface area contributed by atoms with Crippen LogP contribution in [0.2, 0.25) is 0 Å². The lowest BCUT2D eigenvalue weighted by atomic mass is 9.84. The molecule has 4 aliphatic rings. The third kappa shape index (κ3) is 9.26. The van der Waals surface area contributed by atoms with Crippen molar-refractivity contribution in [3.05, 3.63) is 241 Å². The molecular weight excluding hydrogens is 1060 g/mol. The highest BCUT2D eigenvalue weighted by Crippen LogP contribution is 2.58. The zero-order chi connectivity index (χ0) is 58.1. The largest absolute Gasteiger partial charge is 0.310 e. The van der Waals surface area contributed by atoms with Crippen LogP contribution in [0.3, 0.4) is 0 Å². The van der Waals surface area contributed by atoms with Crippen molar-refractivity contribution in [2.45, 2.75) is 152 Å². The summed E-state index contributed by atoms with van der Waals surface area (Å²) < 4.78 is 0. The quantitative estimate of drug-likeness (QED) is 0.120. The molecule has 13 aromatic carbocycles. The van der Waals surface area contributed by atoms with E-state index in [0.717, 1.165) is 0 Å². The molecule has 0 heterocycles. The van der Waals surface area contributed by atoms with Gasteiger partial charge in [0.15, 0.2) is 0 Å². The molecule has 2 heteroatoms. The van der Waals surface area contributed by atoms with E-state index in [1.807, 2.05) is 0 Å². The third-order valence-corrected chi connectivity index (χ3v) is 22.1. The van der Waals surface area contributed by atoms with Crippen molar-refractivity contribution < 1.29 is 0 Å². The Hall–Kier alpha value is -8.46. The molecule has 0 aliphatic heterocycles. The molecule has 0 unspecified atom stereocenters. The molecule has 0 aromatic heterocycles. The fraction of sp³-hybridized carbons (Fsp3) is 0.279. The summed E-state index contributed by atoms with van der Waals surface area (Å²) in [5.41, 5.74) is 18.4. The maximum absolute atomic E-state index is 2.57. The maximum atomic E-state index is 2.57. The van der Waals surface area contributed by atoms with Gasteiger partial charge >= 0.3 is 0 Å². The highest BCUT2D eigenvalue weighted by molar-refractivity contribution is 6.47. The molecule has 17 rings (SSSR count). The molecule has 0 spiro atoms.